The number of benzene rings is 3. The van der Waals surface area contributed by atoms with Crippen LogP contribution in [0.1, 0.15) is 49.7 Å². The molecule has 0 aliphatic rings. The number of anilines is 1. The van der Waals surface area contributed by atoms with Crippen LogP contribution in [0.15, 0.2) is 89.8 Å². The molecule has 5 N–H and O–H groups in total. The van der Waals surface area contributed by atoms with E-state index in [0.29, 0.717) is 23.2 Å². The van der Waals surface area contributed by atoms with Crippen molar-refractivity contribution in [3.05, 3.63) is 96.1 Å². The summed E-state index contributed by atoms with van der Waals surface area (Å²) in [6, 6.07) is 17.1. The normalized spacial score (nSPS) is 14.1. The van der Waals surface area contributed by atoms with Gasteiger partial charge in [0.2, 0.25) is 15.9 Å². The minimum absolute atomic E-state index is 0.00638. The molecule has 14 heteroatoms. The smallest absolute Gasteiger partial charge is 0.416 e. The van der Waals surface area contributed by atoms with Gasteiger partial charge in [0, 0.05) is 24.2 Å². The van der Waals surface area contributed by atoms with E-state index < -0.39 is 65.3 Å². The van der Waals surface area contributed by atoms with E-state index in [0.717, 1.165) is 11.4 Å². The summed E-state index contributed by atoms with van der Waals surface area (Å²) in [4.78, 5) is 26.7. The number of aliphatic hydroxyl groups is 1. The summed E-state index contributed by atoms with van der Waals surface area (Å²) in [6.45, 7) is 1.04. The van der Waals surface area contributed by atoms with E-state index in [4.69, 9.17) is 11.5 Å². The number of methoxy groups -OCH3 is 1. The second-order valence-electron chi connectivity index (χ2n) is 11.0. The van der Waals surface area contributed by atoms with Crippen LogP contribution in [0.2, 0.25) is 0 Å². The Balaban J connectivity index is 1.92. The van der Waals surface area contributed by atoms with Gasteiger partial charge >= 0.3 is 12.3 Å². The molecule has 10 nitrogen and oxygen atoms in total. The van der Waals surface area contributed by atoms with Crippen molar-refractivity contribution in [3.8, 4) is 0 Å². The zero-order valence-electron chi connectivity index (χ0n) is 26.2. The summed E-state index contributed by atoms with van der Waals surface area (Å²) >= 11 is 0. The molecule has 0 bridgehead atoms. The molecule has 0 saturated carbocycles. The van der Waals surface area contributed by atoms with Crippen molar-refractivity contribution < 1.29 is 41.0 Å². The number of sulfonamides is 1. The van der Waals surface area contributed by atoms with E-state index in [1.807, 2.05) is 0 Å². The number of alkyl halides is 3. The Hall–Kier alpha value is -3.98. The fraction of sp³-hybridized carbons (Fsp3) is 0.394. The Morgan fingerprint density at radius 1 is 0.915 bits per heavy atom. The quantitative estimate of drug-likeness (QED) is 0.192. The number of hydrogen-bond donors (Lipinski definition) is 3. The van der Waals surface area contributed by atoms with Crippen molar-refractivity contribution >= 4 is 27.7 Å². The molecule has 3 atom stereocenters. The molecule has 0 unspecified atom stereocenters. The average molecular weight is 679 g/mol. The van der Waals surface area contributed by atoms with Gasteiger partial charge < -0.3 is 21.3 Å². The van der Waals surface area contributed by atoms with Crippen molar-refractivity contribution in [2.24, 2.45) is 5.73 Å². The molecule has 3 aromatic rings. The highest BCUT2D eigenvalue weighted by atomic mass is 32.2. The molecular weight excluding hydrogens is 637 g/mol. The van der Waals surface area contributed by atoms with E-state index in [-0.39, 0.29) is 29.2 Å². The van der Waals surface area contributed by atoms with Gasteiger partial charge in [-0.25, -0.2) is 18.1 Å². The highest BCUT2D eigenvalue weighted by molar-refractivity contribution is 7.89. The first kappa shape index (κ1) is 37.5. The summed E-state index contributed by atoms with van der Waals surface area (Å²) < 4.78 is 76.6. The van der Waals surface area contributed by atoms with Crippen LogP contribution in [-0.2, 0) is 19.6 Å². The topological polar surface area (TPSA) is 156 Å². The number of nitrogen functional groups attached to an aromatic ring is 1. The molecule has 0 aliphatic carbocycles. The monoisotopic (exact) mass is 678 g/mol. The summed E-state index contributed by atoms with van der Waals surface area (Å²) in [6.07, 6.45) is -7.58. The molecule has 3 aromatic carbocycles. The van der Waals surface area contributed by atoms with Crippen LogP contribution in [0, 0.1) is 0 Å². The first-order valence-electron chi connectivity index (χ1n) is 15.1. The maximum atomic E-state index is 14.7. The molecule has 0 saturated heterocycles. The number of carbonyl (C=O) groups is 2. The maximum Gasteiger partial charge on any atom is 0.416 e. The van der Waals surface area contributed by atoms with Gasteiger partial charge in [0.15, 0.2) is 0 Å². The van der Waals surface area contributed by atoms with E-state index in [1.54, 1.807) is 67.6 Å². The van der Waals surface area contributed by atoms with Crippen LogP contribution in [0.3, 0.4) is 0 Å². The van der Waals surface area contributed by atoms with E-state index in [9.17, 15) is 36.3 Å². The first-order valence-corrected chi connectivity index (χ1v) is 16.5. The second-order valence-corrected chi connectivity index (χ2v) is 12.9. The van der Waals surface area contributed by atoms with Crippen molar-refractivity contribution in [1.29, 1.82) is 0 Å². The Bertz CT molecular complexity index is 1500. The summed E-state index contributed by atoms with van der Waals surface area (Å²) in [5, 5.41) is 10.2. The highest BCUT2D eigenvalue weighted by Crippen LogP contribution is 2.34. The summed E-state index contributed by atoms with van der Waals surface area (Å²) in [5.41, 5.74) is 13.5. The lowest BCUT2D eigenvalue weighted by Crippen LogP contribution is -2.57. The molecule has 0 heterocycles. The SMILES string of the molecule is CCCN([C@H](CO)CCC[C@@H](N(C(=O)OC)C(=O)[C@@H](N)C(c1ccccc1)c1ccccc1)C(F)(F)F)S(=O)(=O)c1ccc(N)cc1. The molecule has 2 amide bonds. The number of aliphatic hydroxyl groups excluding tert-OH is 1. The van der Waals surface area contributed by atoms with E-state index in [1.165, 1.54) is 24.3 Å². The molecule has 0 radical (unpaired) electrons. The average Bonchev–Trinajstić information content (AvgIpc) is 3.05. The first-order chi connectivity index (χ1) is 22.3. The Labute approximate surface area is 273 Å². The molecule has 256 valence electrons. The number of imide groups is 1. The number of halogens is 3. The molecule has 47 heavy (non-hydrogen) atoms. The number of carbonyl (C=O) groups excluding carboxylic acids is 2. The van der Waals surface area contributed by atoms with E-state index in [2.05, 4.69) is 4.74 Å². The number of rotatable bonds is 15. The van der Waals surface area contributed by atoms with Crippen LogP contribution in [0.25, 0.3) is 0 Å². The standard InChI is InChI=1S/C33H41F3N4O6S/c1-3-21-39(47(44,45)27-19-17-25(37)18-20-27)26(22-41)15-10-16-28(33(34,35)36)40(32(43)46-2)31(42)30(38)29(23-11-6-4-7-12-23)24-13-8-5-9-14-24/h4-9,11-14,17-20,26,28-30,41H,3,10,15-16,21-22,37-38H2,1-2H3/t26-,28+,30-/m0/s1. The van der Waals surface area contributed by atoms with Crippen molar-refractivity contribution in [2.75, 3.05) is 26.0 Å². The van der Waals surface area contributed by atoms with Gasteiger partial charge in [-0.3, -0.25) is 4.79 Å². The molecule has 0 spiro atoms. The van der Waals surface area contributed by atoms with E-state index >= 15 is 0 Å². The fourth-order valence-electron chi connectivity index (χ4n) is 5.51. The number of amides is 2. The summed E-state index contributed by atoms with van der Waals surface area (Å²) in [5.74, 6) is -2.19. The minimum Gasteiger partial charge on any atom is -0.452 e. The number of ether oxygens (including phenoxy) is 1. The number of nitrogens with two attached hydrogens (primary N) is 2. The lowest BCUT2D eigenvalue weighted by molar-refractivity contribution is -0.187. The van der Waals surface area contributed by atoms with Gasteiger partial charge in [-0.05, 0) is 61.1 Å². The van der Waals surface area contributed by atoms with Crippen molar-refractivity contribution in [1.82, 2.24) is 9.21 Å². The third-order valence-corrected chi connectivity index (χ3v) is 9.79. The van der Waals surface area contributed by atoms with Crippen LogP contribution in [-0.4, -0.2) is 79.3 Å². The van der Waals surface area contributed by atoms with Gasteiger partial charge in [0.25, 0.3) is 0 Å². The second kappa shape index (κ2) is 16.7. The fourth-order valence-corrected chi connectivity index (χ4v) is 7.25. The lowest BCUT2D eigenvalue weighted by atomic mass is 9.84. The van der Waals surface area contributed by atoms with Crippen molar-refractivity contribution in [2.45, 2.75) is 67.7 Å². The Kier molecular flexibility index (Phi) is 13.3. The molecule has 0 aromatic heterocycles. The highest BCUT2D eigenvalue weighted by Gasteiger charge is 2.50. The molecule has 0 fully saturated rings. The zero-order chi connectivity index (χ0) is 34.8. The van der Waals surface area contributed by atoms with Crippen LogP contribution in [0.4, 0.5) is 23.7 Å². The largest absolute Gasteiger partial charge is 0.452 e. The zero-order valence-corrected chi connectivity index (χ0v) is 27.0. The van der Waals surface area contributed by atoms with Gasteiger partial charge in [0.1, 0.15) is 6.04 Å². The maximum absolute atomic E-state index is 14.7. The third kappa shape index (κ3) is 9.31. The van der Waals surface area contributed by atoms with Crippen LogP contribution >= 0.6 is 0 Å². The Morgan fingerprint density at radius 3 is 1.89 bits per heavy atom. The summed E-state index contributed by atoms with van der Waals surface area (Å²) in [7, 11) is -3.29. The number of hydrogen-bond acceptors (Lipinski definition) is 8. The van der Waals surface area contributed by atoms with Crippen LogP contribution < -0.4 is 11.5 Å². The lowest BCUT2D eigenvalue weighted by Gasteiger charge is -2.35. The Morgan fingerprint density at radius 2 is 1.45 bits per heavy atom. The van der Waals surface area contributed by atoms with Gasteiger partial charge in [-0.2, -0.15) is 17.5 Å². The van der Waals surface area contributed by atoms with Crippen LogP contribution in [0.5, 0.6) is 0 Å². The third-order valence-electron chi connectivity index (χ3n) is 7.82. The molecular formula is C33H41F3N4O6S. The predicted molar refractivity (Wildman–Crippen MR) is 172 cm³/mol. The van der Waals surface area contributed by atoms with Gasteiger partial charge in [-0.1, -0.05) is 67.6 Å². The van der Waals surface area contributed by atoms with Gasteiger partial charge in [-0.15, -0.1) is 0 Å². The molecule has 3 rings (SSSR count). The predicted octanol–water partition coefficient (Wildman–Crippen LogP) is 4.89. The van der Waals surface area contributed by atoms with Gasteiger partial charge in [0.05, 0.1) is 24.7 Å². The minimum atomic E-state index is -5.09. The molecule has 0 aliphatic heterocycles. The van der Waals surface area contributed by atoms with Crippen molar-refractivity contribution in [3.63, 3.8) is 0 Å². The number of nitrogens with zero attached hydrogens (tertiary/aromatic N) is 2.